The van der Waals surface area contributed by atoms with Crippen LogP contribution in [-0.4, -0.2) is 26.9 Å². The van der Waals surface area contributed by atoms with Crippen molar-refractivity contribution in [2.45, 2.75) is 45.7 Å². The molecule has 0 radical (unpaired) electrons. The van der Waals surface area contributed by atoms with Crippen LogP contribution in [0.25, 0.3) is 10.9 Å². The molecule has 1 aromatic heterocycles. The second-order valence-corrected chi connectivity index (χ2v) is 8.62. The van der Waals surface area contributed by atoms with Crippen molar-refractivity contribution in [3.05, 3.63) is 112 Å². The molecule has 0 aliphatic heterocycles. The van der Waals surface area contributed by atoms with Crippen LogP contribution in [0.4, 0.5) is 4.39 Å². The highest BCUT2D eigenvalue weighted by molar-refractivity contribution is 5.94. The lowest BCUT2D eigenvalue weighted by atomic mass is 10.1. The van der Waals surface area contributed by atoms with Gasteiger partial charge in [-0.25, -0.2) is 9.37 Å². The average molecular weight is 472 g/mol. The number of amides is 1. The molecule has 1 unspecified atom stereocenters. The maximum Gasteiger partial charge on any atom is 0.261 e. The van der Waals surface area contributed by atoms with Crippen molar-refractivity contribution in [2.24, 2.45) is 0 Å². The summed E-state index contributed by atoms with van der Waals surface area (Å²) in [6.07, 6.45) is 2.16. The van der Waals surface area contributed by atoms with E-state index in [0.29, 0.717) is 36.2 Å². The predicted molar refractivity (Wildman–Crippen MR) is 137 cm³/mol. The minimum absolute atomic E-state index is 0.0276. The summed E-state index contributed by atoms with van der Waals surface area (Å²) in [5, 5.41) is 0.530. The quantitative estimate of drug-likeness (QED) is 0.302. The lowest BCUT2D eigenvalue weighted by molar-refractivity contribution is 0.0649. The highest BCUT2D eigenvalue weighted by Crippen LogP contribution is 2.27. The Morgan fingerprint density at radius 1 is 0.971 bits per heavy atom. The predicted octanol–water partition coefficient (Wildman–Crippen LogP) is 5.98. The van der Waals surface area contributed by atoms with Crippen molar-refractivity contribution in [3.8, 4) is 0 Å². The van der Waals surface area contributed by atoms with Gasteiger partial charge in [-0.05, 0) is 42.7 Å². The summed E-state index contributed by atoms with van der Waals surface area (Å²) < 4.78 is 16.3. The molecule has 4 aromatic rings. The minimum Gasteiger partial charge on any atom is -0.328 e. The summed E-state index contributed by atoms with van der Waals surface area (Å²) in [4.78, 5) is 33.9. The fraction of sp³-hybridized carbons (Fsp3) is 0.276. The molecule has 1 amide bonds. The Hall–Kier alpha value is -3.80. The molecule has 180 valence electrons. The van der Waals surface area contributed by atoms with Crippen LogP contribution in [0.2, 0.25) is 0 Å². The number of nitrogens with zero attached hydrogens (tertiary/aromatic N) is 3. The number of carbonyl (C=O) groups excluding carboxylic acids is 1. The second kappa shape index (κ2) is 11.1. The molecule has 0 fully saturated rings. The topological polar surface area (TPSA) is 55.2 Å². The third kappa shape index (κ3) is 5.16. The van der Waals surface area contributed by atoms with Gasteiger partial charge < -0.3 is 4.90 Å². The third-order valence-electron chi connectivity index (χ3n) is 6.25. The van der Waals surface area contributed by atoms with Crippen LogP contribution in [0, 0.1) is 5.82 Å². The van der Waals surface area contributed by atoms with Gasteiger partial charge in [-0.1, -0.05) is 74.9 Å². The summed E-state index contributed by atoms with van der Waals surface area (Å²) in [6.45, 7) is 4.79. The molecular formula is C29H30FN3O2. The number of carbonyl (C=O) groups is 1. The SMILES string of the molecule is CCCCN(C(=O)c1ccccc1F)C(CC)c1nc2ccccc2c(=O)n1Cc1ccccc1. The first-order valence-corrected chi connectivity index (χ1v) is 12.1. The first kappa shape index (κ1) is 24.3. The van der Waals surface area contributed by atoms with E-state index in [0.717, 1.165) is 18.4 Å². The number of hydrogen-bond donors (Lipinski definition) is 0. The van der Waals surface area contributed by atoms with Crippen LogP contribution in [0.1, 0.15) is 60.9 Å². The van der Waals surface area contributed by atoms with Gasteiger partial charge in [0.25, 0.3) is 11.5 Å². The number of para-hydroxylation sites is 1. The van der Waals surface area contributed by atoms with E-state index in [2.05, 4.69) is 0 Å². The molecular weight excluding hydrogens is 441 g/mol. The van der Waals surface area contributed by atoms with Gasteiger partial charge in [0, 0.05) is 6.54 Å². The minimum atomic E-state index is -0.554. The number of unbranched alkanes of at least 4 members (excludes halogenated alkanes) is 1. The molecule has 0 aliphatic carbocycles. The number of rotatable bonds is 9. The molecule has 3 aromatic carbocycles. The van der Waals surface area contributed by atoms with Crippen LogP contribution < -0.4 is 5.56 Å². The van der Waals surface area contributed by atoms with Crippen molar-refractivity contribution < 1.29 is 9.18 Å². The van der Waals surface area contributed by atoms with Crippen molar-refractivity contribution in [1.29, 1.82) is 0 Å². The Morgan fingerprint density at radius 3 is 2.37 bits per heavy atom. The number of hydrogen-bond acceptors (Lipinski definition) is 3. The smallest absolute Gasteiger partial charge is 0.261 e. The molecule has 5 nitrogen and oxygen atoms in total. The van der Waals surface area contributed by atoms with Gasteiger partial charge in [-0.3, -0.25) is 14.2 Å². The largest absolute Gasteiger partial charge is 0.328 e. The summed E-state index contributed by atoms with van der Waals surface area (Å²) in [5.41, 5.74) is 1.42. The zero-order chi connectivity index (χ0) is 24.8. The van der Waals surface area contributed by atoms with E-state index in [1.54, 1.807) is 27.7 Å². The fourth-order valence-corrected chi connectivity index (χ4v) is 4.42. The Balaban J connectivity index is 1.88. The Kier molecular flexibility index (Phi) is 7.70. The van der Waals surface area contributed by atoms with Crippen LogP contribution in [0.3, 0.4) is 0 Å². The van der Waals surface area contributed by atoms with Crippen LogP contribution in [-0.2, 0) is 6.54 Å². The second-order valence-electron chi connectivity index (χ2n) is 8.62. The molecule has 0 saturated carbocycles. The van der Waals surface area contributed by atoms with E-state index >= 15 is 0 Å². The van der Waals surface area contributed by atoms with E-state index in [-0.39, 0.29) is 11.1 Å². The summed E-state index contributed by atoms with van der Waals surface area (Å²) >= 11 is 0. The number of fused-ring (bicyclic) bond motifs is 1. The number of aromatic nitrogens is 2. The summed E-state index contributed by atoms with van der Waals surface area (Å²) in [7, 11) is 0. The standard InChI is InChI=1S/C29H30FN3O2/c1-3-5-19-32(28(34)22-15-9-11-17-24(22)30)26(4-2)27-31-25-18-12-10-16-23(25)29(35)33(27)20-21-13-7-6-8-14-21/h6-18,26H,3-5,19-20H2,1-2H3. The van der Waals surface area contributed by atoms with E-state index in [1.807, 2.05) is 62.4 Å². The van der Waals surface area contributed by atoms with Crippen LogP contribution in [0.5, 0.6) is 0 Å². The van der Waals surface area contributed by atoms with Gasteiger partial charge >= 0.3 is 0 Å². The molecule has 1 heterocycles. The number of halogens is 1. The Labute approximate surface area is 204 Å². The summed E-state index contributed by atoms with van der Waals surface area (Å²) in [5.74, 6) is -0.431. The van der Waals surface area contributed by atoms with Gasteiger partial charge in [0.15, 0.2) is 0 Å². The Bertz CT molecular complexity index is 1370. The first-order valence-electron chi connectivity index (χ1n) is 12.1. The molecule has 6 heteroatoms. The lowest BCUT2D eigenvalue weighted by Crippen LogP contribution is -2.40. The molecule has 0 N–H and O–H groups in total. The molecule has 0 aliphatic rings. The molecule has 0 bridgehead atoms. The maximum absolute atomic E-state index is 14.6. The van der Waals surface area contributed by atoms with Crippen LogP contribution >= 0.6 is 0 Å². The Morgan fingerprint density at radius 2 is 1.66 bits per heavy atom. The van der Waals surface area contributed by atoms with Crippen LogP contribution in [0.15, 0.2) is 83.7 Å². The van der Waals surface area contributed by atoms with Crippen molar-refractivity contribution in [1.82, 2.24) is 14.5 Å². The van der Waals surface area contributed by atoms with E-state index in [9.17, 15) is 14.0 Å². The van der Waals surface area contributed by atoms with Gasteiger partial charge in [0.05, 0.1) is 29.1 Å². The molecule has 1 atom stereocenters. The van der Waals surface area contributed by atoms with Gasteiger partial charge in [-0.15, -0.1) is 0 Å². The number of benzene rings is 3. The van der Waals surface area contributed by atoms with E-state index in [1.165, 1.54) is 12.1 Å². The normalized spacial score (nSPS) is 12.0. The van der Waals surface area contributed by atoms with Gasteiger partial charge in [0.1, 0.15) is 11.6 Å². The zero-order valence-electron chi connectivity index (χ0n) is 20.2. The fourth-order valence-electron chi connectivity index (χ4n) is 4.42. The molecule has 4 rings (SSSR count). The monoisotopic (exact) mass is 471 g/mol. The van der Waals surface area contributed by atoms with Gasteiger partial charge in [-0.2, -0.15) is 0 Å². The van der Waals surface area contributed by atoms with Crippen molar-refractivity contribution in [3.63, 3.8) is 0 Å². The third-order valence-corrected chi connectivity index (χ3v) is 6.25. The maximum atomic E-state index is 14.6. The molecule has 35 heavy (non-hydrogen) atoms. The molecule has 0 spiro atoms. The van der Waals surface area contributed by atoms with Crippen molar-refractivity contribution in [2.75, 3.05) is 6.54 Å². The highest BCUT2D eigenvalue weighted by atomic mass is 19.1. The van der Waals surface area contributed by atoms with E-state index in [4.69, 9.17) is 4.98 Å². The van der Waals surface area contributed by atoms with Crippen molar-refractivity contribution >= 4 is 16.8 Å². The highest BCUT2D eigenvalue weighted by Gasteiger charge is 2.30. The summed E-state index contributed by atoms with van der Waals surface area (Å²) in [6, 6.07) is 22.5. The average Bonchev–Trinajstić information content (AvgIpc) is 2.89. The first-order chi connectivity index (χ1) is 17.0. The van der Waals surface area contributed by atoms with E-state index < -0.39 is 17.8 Å². The molecule has 0 saturated heterocycles. The van der Waals surface area contributed by atoms with Gasteiger partial charge in [0.2, 0.25) is 0 Å². The zero-order valence-corrected chi connectivity index (χ0v) is 20.2. The lowest BCUT2D eigenvalue weighted by Gasteiger charge is -2.32.